The summed E-state index contributed by atoms with van der Waals surface area (Å²) in [7, 11) is 0. The average molecular weight is 854 g/mol. The van der Waals surface area contributed by atoms with E-state index in [0.29, 0.717) is 0 Å². The van der Waals surface area contributed by atoms with Gasteiger partial charge in [0.1, 0.15) is 0 Å². The van der Waals surface area contributed by atoms with Crippen LogP contribution in [0.25, 0.3) is 16.9 Å². The number of aryl methyl sites for hydroxylation is 4. The summed E-state index contributed by atoms with van der Waals surface area (Å²) < 4.78 is 1.69. The zero-order valence-electron chi connectivity index (χ0n) is 40.3. The van der Waals surface area contributed by atoms with Crippen molar-refractivity contribution in [3.63, 3.8) is 0 Å². The van der Waals surface area contributed by atoms with Gasteiger partial charge in [-0.3, -0.25) is 0 Å². The maximum absolute atomic E-state index is 12.7. The Hall–Kier alpha value is -1.99. The summed E-state index contributed by atoms with van der Waals surface area (Å²) in [6.07, 6.45) is 37.3. The van der Waals surface area contributed by atoms with E-state index in [-0.39, 0.29) is 0 Å². The molecule has 0 N–H and O–H groups in total. The van der Waals surface area contributed by atoms with Gasteiger partial charge < -0.3 is 5.53 Å². The Morgan fingerprint density at radius 1 is 0.339 bits per heavy atom. The van der Waals surface area contributed by atoms with E-state index >= 15 is 0 Å². The second-order valence-corrected chi connectivity index (χ2v) is 19.4. The molecule has 3 rings (SSSR count). The van der Waals surface area contributed by atoms with E-state index < -0.39 is 0 Å². The van der Waals surface area contributed by atoms with Crippen LogP contribution >= 0.6 is 0 Å². The number of rotatable bonds is 34. The van der Waals surface area contributed by atoms with Gasteiger partial charge in [-0.05, 0) is 124 Å². The Kier molecular flexibility index (Phi) is 31.2. The second kappa shape index (κ2) is 34.6. The van der Waals surface area contributed by atoms with Crippen LogP contribution in [0.3, 0.4) is 0 Å². The van der Waals surface area contributed by atoms with E-state index in [1.54, 1.807) is 4.70 Å². The maximum atomic E-state index is 12.7. The fraction of sp³-hybridized carbons (Fsp3) is 0.714. The quantitative estimate of drug-likeness (QED) is 0.0381. The minimum atomic E-state index is 1.03. The molecule has 0 atom stereocenters. The zero-order valence-corrected chi connectivity index (χ0v) is 41.3. The predicted octanol–water partition coefficient (Wildman–Crippen LogP) is 19.2. The molecule has 0 spiro atoms. The fourth-order valence-corrected chi connectivity index (χ4v) is 9.27. The normalized spacial score (nSPS) is 12.9. The third kappa shape index (κ3) is 21.1. The predicted molar refractivity (Wildman–Crippen MR) is 260 cm³/mol. The van der Waals surface area contributed by atoms with E-state index in [0.717, 1.165) is 62.8 Å². The van der Waals surface area contributed by atoms with Gasteiger partial charge in [0.25, 0.3) is 0 Å². The standard InChI is InChI=1S/C52H84N2.2C2H5.Ni/c1-7-13-19-22-24-28-33-45-38-46(34-29-25-23-20-14-8-2)42-48(41-45)52-50(36-30-21-15-9-3)49(35-18-12-6)51(54(52)53)47-39-43(31-26-16-10-4)37-44(40-47)32-27-17-11-5;2*1-2;/h37-42H,7-36H2,1-6H3;2*1H2,2H3;. The molecule has 59 heavy (non-hydrogen) atoms. The van der Waals surface area contributed by atoms with E-state index in [1.165, 1.54) is 197 Å². The van der Waals surface area contributed by atoms with Gasteiger partial charge in [-0.25, -0.2) is 4.70 Å². The fourth-order valence-electron chi connectivity index (χ4n) is 8.78. The van der Waals surface area contributed by atoms with E-state index in [9.17, 15) is 5.53 Å². The van der Waals surface area contributed by atoms with Gasteiger partial charge in [-0.15, -0.1) is 0 Å². The van der Waals surface area contributed by atoms with E-state index in [4.69, 9.17) is 0 Å². The SMILES string of the molecule is CCCCCCCCc1cc(CCCCCCCC)cc(C2=C(CCCCCC)C(CCCC)=C(c3cc(CCCCC)cc(CCCCC)c3)[N+]2=[N-])c1.C[CH2][Ni][CH2]C. The van der Waals surface area contributed by atoms with Crippen molar-refractivity contribution >= 4 is 11.4 Å². The topological polar surface area (TPSA) is 25.3 Å². The number of hydrogen-bond acceptors (Lipinski definition) is 0. The molecule has 2 nitrogen and oxygen atoms in total. The van der Waals surface area contributed by atoms with Crippen molar-refractivity contribution < 1.29 is 19.1 Å². The summed E-state index contributed by atoms with van der Waals surface area (Å²) in [5.41, 5.74) is 26.0. The first-order chi connectivity index (χ1) is 28.9. The molecular formula is C56H94N2Ni. The molecule has 2 aromatic carbocycles. The first-order valence-corrected chi connectivity index (χ1v) is 27.0. The van der Waals surface area contributed by atoms with Crippen LogP contribution in [0.1, 0.15) is 256 Å². The van der Waals surface area contributed by atoms with Gasteiger partial charge >= 0.3 is 39.1 Å². The van der Waals surface area contributed by atoms with Crippen LogP contribution in [0.15, 0.2) is 47.5 Å². The van der Waals surface area contributed by atoms with Gasteiger partial charge in [-0.1, -0.05) is 169 Å². The van der Waals surface area contributed by atoms with Crippen molar-refractivity contribution in [3.05, 3.63) is 86.5 Å². The molecule has 0 amide bonds. The van der Waals surface area contributed by atoms with E-state index in [2.05, 4.69) is 91.8 Å². The van der Waals surface area contributed by atoms with Crippen molar-refractivity contribution in [1.82, 2.24) is 0 Å². The monoisotopic (exact) mass is 853 g/mol. The van der Waals surface area contributed by atoms with Crippen LogP contribution in [0.4, 0.5) is 0 Å². The molecule has 1 aliphatic heterocycles. The molecular weight excluding hydrogens is 759 g/mol. The van der Waals surface area contributed by atoms with Crippen molar-refractivity contribution in [2.45, 2.75) is 259 Å². The number of unbranched alkanes of at least 4 members (excludes halogenated alkanes) is 18. The summed E-state index contributed by atoms with van der Waals surface area (Å²) in [5.74, 6) is 0. The molecule has 0 aromatic heterocycles. The van der Waals surface area contributed by atoms with Crippen LogP contribution in [0.2, 0.25) is 10.8 Å². The summed E-state index contributed by atoms with van der Waals surface area (Å²) >= 11 is 1.82. The van der Waals surface area contributed by atoms with Crippen LogP contribution < -0.4 is 0 Å². The van der Waals surface area contributed by atoms with Crippen molar-refractivity contribution in [2.75, 3.05) is 0 Å². The number of benzene rings is 2. The molecule has 0 bridgehead atoms. The Morgan fingerprint density at radius 2 is 0.610 bits per heavy atom. The Bertz CT molecular complexity index is 1400. The third-order valence-corrected chi connectivity index (χ3v) is 13.2. The first kappa shape index (κ1) is 53.2. The molecule has 2 aromatic rings. The number of nitrogens with zero attached hydrogens (tertiary/aromatic N) is 2. The molecule has 0 saturated heterocycles. The minimum absolute atomic E-state index is 1.03. The van der Waals surface area contributed by atoms with Gasteiger partial charge in [0.15, 0.2) is 0 Å². The molecule has 0 saturated carbocycles. The van der Waals surface area contributed by atoms with Crippen LogP contribution in [0.5, 0.6) is 0 Å². The number of hydrogen-bond donors (Lipinski definition) is 0. The Morgan fingerprint density at radius 3 is 0.949 bits per heavy atom. The molecule has 338 valence electrons. The van der Waals surface area contributed by atoms with Crippen molar-refractivity contribution in [3.8, 4) is 0 Å². The third-order valence-electron chi connectivity index (χ3n) is 12.2. The van der Waals surface area contributed by atoms with Gasteiger partial charge in [-0.2, -0.15) is 0 Å². The first-order valence-electron chi connectivity index (χ1n) is 25.6. The molecule has 1 aliphatic rings. The van der Waals surface area contributed by atoms with Crippen molar-refractivity contribution in [2.24, 2.45) is 0 Å². The molecule has 3 heteroatoms. The zero-order chi connectivity index (χ0) is 42.9. The van der Waals surface area contributed by atoms with Crippen LogP contribution in [-0.2, 0) is 40.1 Å². The van der Waals surface area contributed by atoms with Crippen LogP contribution in [-0.4, -0.2) is 4.70 Å². The molecule has 0 fully saturated rings. The Balaban J connectivity index is 0.00000225. The van der Waals surface area contributed by atoms with Gasteiger partial charge in [0.05, 0.1) is 0 Å². The average Bonchev–Trinajstić information content (AvgIpc) is 3.52. The van der Waals surface area contributed by atoms with Crippen LogP contribution in [0, 0.1) is 0 Å². The summed E-state index contributed by atoms with van der Waals surface area (Å²) in [4.78, 5) is 0. The molecule has 0 aliphatic carbocycles. The van der Waals surface area contributed by atoms with Crippen molar-refractivity contribution in [1.29, 1.82) is 0 Å². The summed E-state index contributed by atoms with van der Waals surface area (Å²) in [6, 6.07) is 14.8. The summed E-state index contributed by atoms with van der Waals surface area (Å²) in [5, 5.41) is 2.56. The molecule has 0 radical (unpaired) electrons. The summed E-state index contributed by atoms with van der Waals surface area (Å²) in [6.45, 7) is 18.2. The second-order valence-electron chi connectivity index (χ2n) is 17.5. The number of allylic oxidation sites excluding steroid dienone is 2. The van der Waals surface area contributed by atoms with Gasteiger partial charge in [0.2, 0.25) is 11.4 Å². The molecule has 0 unspecified atom stereocenters. The van der Waals surface area contributed by atoms with Gasteiger partial charge in [0, 0.05) is 22.3 Å². The molecule has 1 heterocycles. The van der Waals surface area contributed by atoms with E-state index in [1.807, 2.05) is 14.4 Å². The Labute approximate surface area is 374 Å².